The molecule has 0 saturated carbocycles. The molecule has 0 rings (SSSR count). The van der Waals surface area contributed by atoms with Crippen molar-refractivity contribution in [2.24, 2.45) is 5.10 Å². The maximum Gasteiger partial charge on any atom is 0.545 e. The van der Waals surface area contributed by atoms with Crippen LogP contribution in [0.5, 0.6) is 0 Å². The van der Waals surface area contributed by atoms with Gasteiger partial charge in [-0.15, -0.1) is 13.2 Å². The fraction of sp³-hybridized carbons (Fsp3) is 0.375. The average molecular weight is 208 g/mol. The smallest absolute Gasteiger partial charge is 0.177 e. The standard InChI is InChI=1S/C8H11F3N2O/c1-3-4-5-7(2)6-12-13-14-8(9,10)11/h4-6,13H,2-3H2,1H3/b5-4-,12-6-. The second-order valence-corrected chi connectivity index (χ2v) is 2.28. The lowest BCUT2D eigenvalue weighted by atomic mass is 10.3. The molecule has 0 unspecified atom stereocenters. The fourth-order valence-corrected chi connectivity index (χ4v) is 0.500. The van der Waals surface area contributed by atoms with Gasteiger partial charge in [0.15, 0.2) is 0 Å². The number of halogens is 3. The molecule has 6 heteroatoms. The highest BCUT2D eigenvalue weighted by atomic mass is 19.4. The summed E-state index contributed by atoms with van der Waals surface area (Å²) in [6, 6.07) is 0. The molecule has 14 heavy (non-hydrogen) atoms. The van der Waals surface area contributed by atoms with Crippen molar-refractivity contribution in [3.8, 4) is 0 Å². The van der Waals surface area contributed by atoms with E-state index < -0.39 is 6.36 Å². The van der Waals surface area contributed by atoms with E-state index in [4.69, 9.17) is 0 Å². The topological polar surface area (TPSA) is 33.6 Å². The lowest BCUT2D eigenvalue weighted by molar-refractivity contribution is -0.350. The van der Waals surface area contributed by atoms with Crippen LogP contribution in [0.3, 0.4) is 0 Å². The van der Waals surface area contributed by atoms with Crippen LogP contribution >= 0.6 is 0 Å². The van der Waals surface area contributed by atoms with Gasteiger partial charge in [0.2, 0.25) is 0 Å². The number of hydrogen-bond donors (Lipinski definition) is 1. The molecule has 0 aromatic carbocycles. The molecule has 0 amide bonds. The lowest BCUT2D eigenvalue weighted by Crippen LogP contribution is -2.21. The van der Waals surface area contributed by atoms with E-state index in [0.29, 0.717) is 5.57 Å². The minimum atomic E-state index is -4.74. The van der Waals surface area contributed by atoms with E-state index in [2.05, 4.69) is 16.5 Å². The van der Waals surface area contributed by atoms with E-state index >= 15 is 0 Å². The summed E-state index contributed by atoms with van der Waals surface area (Å²) in [5.41, 5.74) is 1.86. The van der Waals surface area contributed by atoms with Crippen molar-refractivity contribution in [3.05, 3.63) is 24.3 Å². The van der Waals surface area contributed by atoms with Gasteiger partial charge in [0.1, 0.15) is 0 Å². The molecule has 0 aromatic rings. The quantitative estimate of drug-likeness (QED) is 0.428. The second kappa shape index (κ2) is 6.20. The molecule has 1 N–H and O–H groups in total. The van der Waals surface area contributed by atoms with Crippen LogP contribution < -0.4 is 5.59 Å². The number of nitrogens with zero attached hydrogens (tertiary/aromatic N) is 1. The maximum atomic E-state index is 11.4. The van der Waals surface area contributed by atoms with Crippen molar-refractivity contribution in [1.82, 2.24) is 5.59 Å². The summed E-state index contributed by atoms with van der Waals surface area (Å²) in [6.07, 6.45) is 0.646. The van der Waals surface area contributed by atoms with Crippen molar-refractivity contribution >= 4 is 6.21 Å². The lowest BCUT2D eigenvalue weighted by Gasteiger charge is -2.03. The zero-order valence-corrected chi connectivity index (χ0v) is 7.64. The summed E-state index contributed by atoms with van der Waals surface area (Å²) < 4.78 is 34.2. The van der Waals surface area contributed by atoms with E-state index in [1.165, 1.54) is 5.59 Å². The maximum absolute atomic E-state index is 11.4. The highest BCUT2D eigenvalue weighted by Crippen LogP contribution is 2.13. The summed E-state index contributed by atoms with van der Waals surface area (Å²) >= 11 is 0. The van der Waals surface area contributed by atoms with Gasteiger partial charge in [0.25, 0.3) is 0 Å². The van der Waals surface area contributed by atoms with Gasteiger partial charge < -0.3 is 0 Å². The number of nitrogens with one attached hydrogen (secondary N) is 1. The first-order chi connectivity index (χ1) is 6.45. The summed E-state index contributed by atoms with van der Waals surface area (Å²) in [5, 5.41) is 3.14. The monoisotopic (exact) mass is 208 g/mol. The summed E-state index contributed by atoms with van der Waals surface area (Å²) in [6.45, 7) is 5.44. The van der Waals surface area contributed by atoms with Gasteiger partial charge in [-0.2, -0.15) is 15.5 Å². The number of rotatable bonds is 5. The van der Waals surface area contributed by atoms with Gasteiger partial charge in [0.05, 0.1) is 6.21 Å². The molecular formula is C8H11F3N2O. The van der Waals surface area contributed by atoms with Crippen molar-refractivity contribution in [1.29, 1.82) is 0 Å². The van der Waals surface area contributed by atoms with Gasteiger partial charge in [-0.25, -0.2) is 0 Å². The van der Waals surface area contributed by atoms with Gasteiger partial charge in [-0.3, -0.25) is 0 Å². The largest absolute Gasteiger partial charge is 0.545 e. The van der Waals surface area contributed by atoms with Crippen LogP contribution in [0, 0.1) is 0 Å². The first-order valence-corrected chi connectivity index (χ1v) is 3.84. The van der Waals surface area contributed by atoms with Crippen molar-refractivity contribution in [2.75, 3.05) is 0 Å². The molecule has 0 aliphatic rings. The van der Waals surface area contributed by atoms with Crippen LogP contribution in [0.25, 0.3) is 0 Å². The molecule has 0 spiro atoms. The summed E-state index contributed by atoms with van der Waals surface area (Å²) in [5.74, 6) is 0. The highest BCUT2D eigenvalue weighted by Gasteiger charge is 2.29. The summed E-state index contributed by atoms with van der Waals surface area (Å²) in [7, 11) is 0. The molecule has 0 bridgehead atoms. The van der Waals surface area contributed by atoms with E-state index in [1.54, 1.807) is 12.2 Å². The minimum Gasteiger partial charge on any atom is -0.177 e. The summed E-state index contributed by atoms with van der Waals surface area (Å²) in [4.78, 5) is 3.17. The molecule has 0 radical (unpaired) electrons. The molecule has 0 aromatic heterocycles. The Hall–Kier alpha value is -1.30. The molecule has 0 fully saturated rings. The minimum absolute atomic E-state index is 0.477. The van der Waals surface area contributed by atoms with Crippen molar-refractivity contribution < 1.29 is 18.0 Å². The SMILES string of the molecule is C=C(/C=C\CC)/C=N\NOC(F)(F)F. The van der Waals surface area contributed by atoms with E-state index in [-0.39, 0.29) is 0 Å². The highest BCUT2D eigenvalue weighted by molar-refractivity contribution is 5.80. The second-order valence-electron chi connectivity index (χ2n) is 2.28. The third kappa shape index (κ3) is 8.79. The molecule has 0 aliphatic carbocycles. The first-order valence-electron chi connectivity index (χ1n) is 3.84. The first kappa shape index (κ1) is 12.7. The zero-order chi connectivity index (χ0) is 11.0. The Bertz CT molecular complexity index is 233. The molecule has 0 aliphatic heterocycles. The van der Waals surface area contributed by atoms with Crippen LogP contribution in [0.2, 0.25) is 0 Å². The van der Waals surface area contributed by atoms with Crippen LogP contribution in [-0.4, -0.2) is 12.6 Å². The molecule has 0 saturated heterocycles. The Morgan fingerprint density at radius 2 is 2.21 bits per heavy atom. The normalized spacial score (nSPS) is 12.6. The third-order valence-corrected chi connectivity index (χ3v) is 1.01. The van der Waals surface area contributed by atoms with Gasteiger partial charge in [-0.05, 0) is 12.0 Å². The van der Waals surface area contributed by atoms with Crippen molar-refractivity contribution in [2.45, 2.75) is 19.7 Å². The number of allylic oxidation sites excluding steroid dienone is 3. The molecule has 0 heterocycles. The average Bonchev–Trinajstić information content (AvgIpc) is 2.07. The fourth-order valence-electron chi connectivity index (χ4n) is 0.500. The van der Waals surface area contributed by atoms with Crippen LogP contribution in [0.1, 0.15) is 13.3 Å². The molecule has 0 atom stereocenters. The Morgan fingerprint density at radius 1 is 1.57 bits per heavy atom. The number of hydrazone groups is 1. The Labute approximate surface area is 79.9 Å². The van der Waals surface area contributed by atoms with Crippen LogP contribution in [0.15, 0.2) is 29.4 Å². The van der Waals surface area contributed by atoms with Crippen LogP contribution in [0.4, 0.5) is 13.2 Å². The molecule has 80 valence electrons. The van der Waals surface area contributed by atoms with E-state index in [0.717, 1.165) is 12.6 Å². The molecule has 3 nitrogen and oxygen atoms in total. The van der Waals surface area contributed by atoms with Crippen molar-refractivity contribution in [3.63, 3.8) is 0 Å². The van der Waals surface area contributed by atoms with Gasteiger partial charge in [0, 0.05) is 0 Å². The molecular weight excluding hydrogens is 197 g/mol. The Kier molecular flexibility index (Phi) is 5.62. The van der Waals surface area contributed by atoms with Gasteiger partial charge >= 0.3 is 6.36 Å². The Balaban J connectivity index is 3.73. The predicted octanol–water partition coefficient (Wildman–Crippen LogP) is 2.54. The Morgan fingerprint density at radius 3 is 2.71 bits per heavy atom. The predicted molar refractivity (Wildman–Crippen MR) is 47.3 cm³/mol. The van der Waals surface area contributed by atoms with E-state index in [1.807, 2.05) is 6.92 Å². The third-order valence-electron chi connectivity index (χ3n) is 1.01. The number of hydrogen-bond acceptors (Lipinski definition) is 3. The van der Waals surface area contributed by atoms with Crippen LogP contribution in [-0.2, 0) is 4.84 Å². The van der Waals surface area contributed by atoms with E-state index in [9.17, 15) is 13.2 Å². The van der Waals surface area contributed by atoms with Gasteiger partial charge in [-0.1, -0.05) is 25.7 Å². The number of alkyl halides is 3. The zero-order valence-electron chi connectivity index (χ0n) is 7.64.